The van der Waals surface area contributed by atoms with Crippen LogP contribution < -0.4 is 0 Å². The highest BCUT2D eigenvalue weighted by Gasteiger charge is 2.06. The quantitative estimate of drug-likeness (QED) is 0.385. The van der Waals surface area contributed by atoms with Gasteiger partial charge in [-0.1, -0.05) is 36.6 Å². The number of unbranched alkanes of at least 4 members (excludes halogenated alkanes) is 3. The predicted octanol–water partition coefficient (Wildman–Crippen LogP) is 4.43. The average Bonchev–Trinajstić information content (AvgIpc) is 2.42. The van der Waals surface area contributed by atoms with Crippen LogP contribution in [0.2, 0.25) is 5.02 Å². The minimum Gasteiger partial charge on any atom is -0.466 e. The number of carbonyl (C=O) groups excluding carboxylic acids is 2. The normalized spacial score (nSPS) is 10.3. The van der Waals surface area contributed by atoms with E-state index < -0.39 is 0 Å². The Balaban J connectivity index is 2.12. The Morgan fingerprint density at radius 1 is 1.10 bits per heavy atom. The van der Waals surface area contributed by atoms with Crippen molar-refractivity contribution in [2.45, 2.75) is 45.4 Å². The van der Waals surface area contributed by atoms with Crippen molar-refractivity contribution >= 4 is 23.4 Å². The van der Waals surface area contributed by atoms with E-state index in [2.05, 4.69) is 0 Å². The fraction of sp³-hybridized carbons (Fsp3) is 0.500. The first-order valence-corrected chi connectivity index (χ1v) is 7.45. The number of benzene rings is 1. The van der Waals surface area contributed by atoms with Crippen molar-refractivity contribution in [3.05, 3.63) is 34.9 Å². The summed E-state index contributed by atoms with van der Waals surface area (Å²) in [6, 6.07) is 7.03. The van der Waals surface area contributed by atoms with E-state index in [1.165, 1.54) is 0 Å². The third kappa shape index (κ3) is 6.71. The molecule has 0 aliphatic heterocycles. The molecule has 4 heteroatoms. The zero-order chi connectivity index (χ0) is 14.8. The summed E-state index contributed by atoms with van der Waals surface area (Å²) in [7, 11) is 0. The van der Waals surface area contributed by atoms with Crippen LogP contribution in [0.3, 0.4) is 0 Å². The molecular weight excluding hydrogens is 276 g/mol. The highest BCUT2D eigenvalue weighted by atomic mass is 35.5. The molecule has 0 fully saturated rings. The van der Waals surface area contributed by atoms with E-state index in [0.29, 0.717) is 30.0 Å². The summed E-state index contributed by atoms with van der Waals surface area (Å²) in [5.74, 6) is -0.0135. The lowest BCUT2D eigenvalue weighted by molar-refractivity contribution is -0.143. The number of halogens is 1. The van der Waals surface area contributed by atoms with Gasteiger partial charge < -0.3 is 4.74 Å². The number of hydrogen-bond donors (Lipinski definition) is 0. The second kappa shape index (κ2) is 9.54. The van der Waals surface area contributed by atoms with Crippen LogP contribution in [0, 0.1) is 0 Å². The number of rotatable bonds is 9. The van der Waals surface area contributed by atoms with Crippen LogP contribution in [0.1, 0.15) is 55.8 Å². The van der Waals surface area contributed by atoms with E-state index in [9.17, 15) is 9.59 Å². The molecule has 1 rings (SSSR count). The largest absolute Gasteiger partial charge is 0.466 e. The van der Waals surface area contributed by atoms with Gasteiger partial charge in [0.1, 0.15) is 0 Å². The fourth-order valence-electron chi connectivity index (χ4n) is 1.95. The van der Waals surface area contributed by atoms with Gasteiger partial charge in [-0.25, -0.2) is 0 Å². The van der Waals surface area contributed by atoms with Gasteiger partial charge in [0.25, 0.3) is 0 Å². The highest BCUT2D eigenvalue weighted by Crippen LogP contribution is 2.14. The molecule has 0 N–H and O–H groups in total. The average molecular weight is 297 g/mol. The summed E-state index contributed by atoms with van der Waals surface area (Å²) < 4.78 is 4.85. The van der Waals surface area contributed by atoms with Gasteiger partial charge in [0.2, 0.25) is 0 Å². The maximum atomic E-state index is 11.9. The summed E-state index contributed by atoms with van der Waals surface area (Å²) in [5, 5.41) is 0.588. The van der Waals surface area contributed by atoms with Gasteiger partial charge in [0.05, 0.1) is 6.61 Å². The summed E-state index contributed by atoms with van der Waals surface area (Å²) in [6.07, 6.45) is 4.56. The maximum absolute atomic E-state index is 11.9. The molecule has 110 valence electrons. The summed E-state index contributed by atoms with van der Waals surface area (Å²) in [5.41, 5.74) is 0.670. The van der Waals surface area contributed by atoms with Gasteiger partial charge in [0.15, 0.2) is 5.78 Å². The summed E-state index contributed by atoms with van der Waals surface area (Å²) in [6.45, 7) is 2.24. The molecular formula is C16H21ClO3. The summed E-state index contributed by atoms with van der Waals surface area (Å²) in [4.78, 5) is 23.0. The Hall–Kier alpha value is -1.35. The van der Waals surface area contributed by atoms with Crippen molar-refractivity contribution in [3.8, 4) is 0 Å². The molecule has 3 nitrogen and oxygen atoms in total. The van der Waals surface area contributed by atoms with Gasteiger partial charge >= 0.3 is 5.97 Å². The lowest BCUT2D eigenvalue weighted by Crippen LogP contribution is -2.03. The Labute approximate surface area is 125 Å². The number of ketones is 1. The van der Waals surface area contributed by atoms with E-state index in [1.54, 1.807) is 31.2 Å². The standard InChI is InChI=1S/C16H21ClO3/c1-2-20-16(19)11-6-4-3-5-10-15(18)13-8-7-9-14(17)12-13/h7-9,12H,2-6,10-11H2,1H3. The van der Waals surface area contributed by atoms with Crippen molar-refractivity contribution in [3.63, 3.8) is 0 Å². The number of carbonyl (C=O) groups is 2. The van der Waals surface area contributed by atoms with E-state index >= 15 is 0 Å². The van der Waals surface area contributed by atoms with Crippen LogP contribution in [0.25, 0.3) is 0 Å². The Morgan fingerprint density at radius 3 is 2.45 bits per heavy atom. The zero-order valence-corrected chi connectivity index (χ0v) is 12.6. The van der Waals surface area contributed by atoms with Crippen LogP contribution in [0.5, 0.6) is 0 Å². The first kappa shape index (κ1) is 16.7. The molecule has 0 saturated carbocycles. The lowest BCUT2D eigenvalue weighted by atomic mass is 10.0. The zero-order valence-electron chi connectivity index (χ0n) is 11.9. The molecule has 1 aromatic carbocycles. The number of hydrogen-bond acceptors (Lipinski definition) is 3. The molecule has 0 saturated heterocycles. The predicted molar refractivity (Wildman–Crippen MR) is 80.1 cm³/mol. The van der Waals surface area contributed by atoms with Gasteiger partial charge in [-0.15, -0.1) is 0 Å². The molecule has 0 heterocycles. The van der Waals surface area contributed by atoms with Crippen molar-refractivity contribution in [2.75, 3.05) is 6.61 Å². The second-order valence-corrected chi connectivity index (χ2v) is 5.09. The number of ether oxygens (including phenoxy) is 1. The van der Waals surface area contributed by atoms with Crippen LogP contribution in [0.15, 0.2) is 24.3 Å². The molecule has 0 amide bonds. The first-order chi connectivity index (χ1) is 9.63. The Bertz CT molecular complexity index is 443. The molecule has 0 bridgehead atoms. The third-order valence-electron chi connectivity index (χ3n) is 2.99. The fourth-order valence-corrected chi connectivity index (χ4v) is 2.14. The maximum Gasteiger partial charge on any atom is 0.305 e. The highest BCUT2D eigenvalue weighted by molar-refractivity contribution is 6.31. The molecule has 1 aromatic rings. The Morgan fingerprint density at radius 2 is 1.80 bits per heavy atom. The molecule has 0 radical (unpaired) electrons. The SMILES string of the molecule is CCOC(=O)CCCCCCC(=O)c1cccc(Cl)c1. The number of Topliss-reactive ketones (excluding diaryl/α,β-unsaturated/α-hetero) is 1. The van der Waals surface area contributed by atoms with Crippen molar-refractivity contribution < 1.29 is 14.3 Å². The van der Waals surface area contributed by atoms with Gasteiger partial charge in [-0.3, -0.25) is 9.59 Å². The second-order valence-electron chi connectivity index (χ2n) is 4.65. The van der Waals surface area contributed by atoms with Crippen LogP contribution >= 0.6 is 11.6 Å². The molecule has 0 aliphatic rings. The van der Waals surface area contributed by atoms with Gasteiger partial charge in [-0.2, -0.15) is 0 Å². The van der Waals surface area contributed by atoms with Gasteiger partial charge in [-0.05, 0) is 31.9 Å². The van der Waals surface area contributed by atoms with Gasteiger partial charge in [0, 0.05) is 23.4 Å². The first-order valence-electron chi connectivity index (χ1n) is 7.08. The number of esters is 1. The molecule has 0 aromatic heterocycles. The van der Waals surface area contributed by atoms with E-state index in [1.807, 2.05) is 0 Å². The van der Waals surface area contributed by atoms with E-state index in [-0.39, 0.29) is 11.8 Å². The molecule has 0 spiro atoms. The Kier molecular flexibility index (Phi) is 7.97. The van der Waals surface area contributed by atoms with Crippen LogP contribution in [-0.2, 0) is 9.53 Å². The smallest absolute Gasteiger partial charge is 0.305 e. The minimum absolute atomic E-state index is 0.123. The molecule has 0 atom stereocenters. The van der Waals surface area contributed by atoms with Crippen LogP contribution in [-0.4, -0.2) is 18.4 Å². The molecule has 20 heavy (non-hydrogen) atoms. The van der Waals surface area contributed by atoms with Crippen molar-refractivity contribution in [1.29, 1.82) is 0 Å². The van der Waals surface area contributed by atoms with E-state index in [0.717, 1.165) is 25.7 Å². The van der Waals surface area contributed by atoms with E-state index in [4.69, 9.17) is 16.3 Å². The minimum atomic E-state index is -0.137. The monoisotopic (exact) mass is 296 g/mol. The third-order valence-corrected chi connectivity index (χ3v) is 3.22. The van der Waals surface area contributed by atoms with Crippen LogP contribution in [0.4, 0.5) is 0 Å². The lowest BCUT2D eigenvalue weighted by Gasteiger charge is -2.03. The molecule has 0 unspecified atom stereocenters. The van der Waals surface area contributed by atoms with Crippen molar-refractivity contribution in [1.82, 2.24) is 0 Å². The topological polar surface area (TPSA) is 43.4 Å². The molecule has 0 aliphatic carbocycles. The van der Waals surface area contributed by atoms with Crippen molar-refractivity contribution in [2.24, 2.45) is 0 Å². The summed E-state index contributed by atoms with van der Waals surface area (Å²) >= 11 is 5.85.